The number of aromatic amines is 3. The number of imidazole rings is 3. The molecular formula is C38H28Cl2N6S4. The highest BCUT2D eigenvalue weighted by Crippen LogP contribution is 2.29. The molecule has 0 amide bonds. The molecule has 2 aromatic carbocycles. The van der Waals surface area contributed by atoms with Crippen molar-refractivity contribution >= 4 is 68.5 Å². The molecule has 0 aliphatic heterocycles. The predicted octanol–water partition coefficient (Wildman–Crippen LogP) is 12.7. The molecule has 0 radical (unpaired) electrons. The van der Waals surface area contributed by atoms with E-state index in [0.29, 0.717) is 16.5 Å². The lowest BCUT2D eigenvalue weighted by atomic mass is 10.1. The molecule has 7 aromatic heterocycles. The van der Waals surface area contributed by atoms with Gasteiger partial charge in [-0.25, -0.2) is 15.0 Å². The molecule has 9 aromatic rings. The summed E-state index contributed by atoms with van der Waals surface area (Å²) < 4.78 is 0. The van der Waals surface area contributed by atoms with Crippen LogP contribution in [0.1, 0.15) is 11.4 Å². The lowest BCUT2D eigenvalue weighted by Gasteiger charge is -2.02. The van der Waals surface area contributed by atoms with Crippen LogP contribution in [-0.2, 0) is 6.42 Å². The zero-order chi connectivity index (χ0) is 34.1. The smallest absolute Gasteiger partial charge is 0.147 e. The minimum Gasteiger partial charge on any atom is -0.341 e. The monoisotopic (exact) mass is 766 g/mol. The minimum atomic E-state index is 0.646. The number of thiophene rings is 4. The number of rotatable bonds is 7. The van der Waals surface area contributed by atoms with Crippen LogP contribution in [0.5, 0.6) is 0 Å². The molecule has 0 fully saturated rings. The summed E-state index contributed by atoms with van der Waals surface area (Å²) in [6.45, 7) is 0. The zero-order valence-electron chi connectivity index (χ0n) is 26.2. The quantitative estimate of drug-likeness (QED) is 0.151. The van der Waals surface area contributed by atoms with E-state index in [2.05, 4.69) is 82.4 Å². The van der Waals surface area contributed by atoms with E-state index >= 15 is 0 Å². The molecule has 3 N–H and O–H groups in total. The van der Waals surface area contributed by atoms with E-state index < -0.39 is 0 Å². The van der Waals surface area contributed by atoms with Crippen molar-refractivity contribution in [2.24, 2.45) is 0 Å². The molecule has 9 rings (SSSR count). The third-order valence-corrected chi connectivity index (χ3v) is 11.5. The maximum absolute atomic E-state index is 6.16. The third-order valence-electron chi connectivity index (χ3n) is 7.31. The summed E-state index contributed by atoms with van der Waals surface area (Å²) >= 11 is 18.9. The lowest BCUT2D eigenvalue weighted by molar-refractivity contribution is 1.03. The van der Waals surface area contributed by atoms with Crippen LogP contribution in [0.25, 0.3) is 53.8 Å². The molecule has 0 bridgehead atoms. The van der Waals surface area contributed by atoms with Crippen molar-refractivity contribution in [2.45, 2.75) is 6.42 Å². The topological polar surface area (TPSA) is 86.0 Å². The van der Waals surface area contributed by atoms with Crippen molar-refractivity contribution in [1.82, 2.24) is 29.9 Å². The second kappa shape index (κ2) is 16.4. The molecule has 0 aliphatic rings. The van der Waals surface area contributed by atoms with E-state index in [0.717, 1.165) is 45.7 Å². The van der Waals surface area contributed by atoms with Crippen LogP contribution in [0.4, 0.5) is 0 Å². The first-order chi connectivity index (χ1) is 24.6. The van der Waals surface area contributed by atoms with Gasteiger partial charge in [0.25, 0.3) is 0 Å². The van der Waals surface area contributed by atoms with Crippen LogP contribution in [0.3, 0.4) is 0 Å². The standard InChI is InChI=1S/C14H10Cl2N2S.C13H10N2S.C11H8N2S2/c15-10-4-3-9(11(16)7-10)6-14-17-8-12(18-14)13-2-1-5-19-13;1-2-5-10(6-3-1)13-14-9-11(15-13)12-7-4-8-16-12;1-3-9(14-5-1)8-7-12-11(13-8)10-4-2-6-15-10/h1-5,7-8H,6H2,(H,17,18);1-9H,(H,14,15);1-7H,(H,12,13). The Morgan fingerprint density at radius 3 is 1.58 bits per heavy atom. The number of H-pyrrole nitrogens is 3. The number of aromatic nitrogens is 6. The van der Waals surface area contributed by atoms with Gasteiger partial charge in [0.2, 0.25) is 0 Å². The average Bonchev–Trinajstić information content (AvgIpc) is 4.00. The van der Waals surface area contributed by atoms with E-state index in [4.69, 9.17) is 23.2 Å². The Morgan fingerprint density at radius 2 is 1.02 bits per heavy atom. The summed E-state index contributed by atoms with van der Waals surface area (Å²) in [6.07, 6.45) is 6.29. The van der Waals surface area contributed by atoms with Gasteiger partial charge in [-0.05, 0) is 63.5 Å². The normalized spacial score (nSPS) is 10.7. The molecule has 0 spiro atoms. The van der Waals surface area contributed by atoms with Gasteiger partial charge in [-0.1, -0.05) is 83.9 Å². The van der Waals surface area contributed by atoms with Crippen molar-refractivity contribution in [3.63, 3.8) is 0 Å². The van der Waals surface area contributed by atoms with Crippen LogP contribution in [0, 0.1) is 0 Å². The fourth-order valence-electron chi connectivity index (χ4n) is 4.89. The summed E-state index contributed by atoms with van der Waals surface area (Å²) in [4.78, 5) is 27.9. The molecular weight excluding hydrogens is 740 g/mol. The molecule has 0 saturated heterocycles. The summed E-state index contributed by atoms with van der Waals surface area (Å²) in [5.74, 6) is 2.77. The van der Waals surface area contributed by atoms with Gasteiger partial charge in [0.05, 0.1) is 55.2 Å². The van der Waals surface area contributed by atoms with Crippen molar-refractivity contribution in [1.29, 1.82) is 0 Å². The Bertz CT molecular complexity index is 2270. The van der Waals surface area contributed by atoms with Gasteiger partial charge in [-0.15, -0.1) is 45.3 Å². The highest BCUT2D eigenvalue weighted by atomic mass is 35.5. The van der Waals surface area contributed by atoms with Crippen LogP contribution in [0.2, 0.25) is 10.0 Å². The second-order valence-electron chi connectivity index (χ2n) is 10.7. The SMILES string of the molecule is Clc1ccc(Cc2ncc(-c3cccs3)[nH]2)c(Cl)c1.c1ccc(-c2ncc(-c3cccs3)[nH]2)cc1.c1csc(-c2cnc(-c3cccs3)[nH]2)c1. The zero-order valence-corrected chi connectivity index (χ0v) is 31.0. The summed E-state index contributed by atoms with van der Waals surface area (Å²) in [6, 6.07) is 32.1. The van der Waals surface area contributed by atoms with Gasteiger partial charge >= 0.3 is 0 Å². The van der Waals surface area contributed by atoms with Gasteiger partial charge in [0, 0.05) is 22.0 Å². The Morgan fingerprint density at radius 1 is 0.500 bits per heavy atom. The van der Waals surface area contributed by atoms with E-state index in [-0.39, 0.29) is 0 Å². The molecule has 6 nitrogen and oxygen atoms in total. The molecule has 0 unspecified atom stereocenters. The predicted molar refractivity (Wildman–Crippen MR) is 214 cm³/mol. The molecule has 12 heteroatoms. The van der Waals surface area contributed by atoms with Gasteiger partial charge < -0.3 is 15.0 Å². The summed E-state index contributed by atoms with van der Waals surface area (Å²) in [7, 11) is 0. The van der Waals surface area contributed by atoms with Crippen molar-refractivity contribution in [2.75, 3.05) is 0 Å². The van der Waals surface area contributed by atoms with Crippen LogP contribution in [-0.4, -0.2) is 29.9 Å². The minimum absolute atomic E-state index is 0.646. The highest BCUT2D eigenvalue weighted by molar-refractivity contribution is 7.14. The fraction of sp³-hybridized carbons (Fsp3) is 0.0263. The number of hydrogen-bond donors (Lipinski definition) is 3. The number of hydrogen-bond acceptors (Lipinski definition) is 7. The van der Waals surface area contributed by atoms with Crippen LogP contribution in [0.15, 0.2) is 137 Å². The van der Waals surface area contributed by atoms with Gasteiger partial charge in [0.15, 0.2) is 0 Å². The third kappa shape index (κ3) is 8.59. The number of nitrogens with one attached hydrogen (secondary N) is 3. The molecule has 248 valence electrons. The van der Waals surface area contributed by atoms with Crippen LogP contribution < -0.4 is 0 Å². The molecule has 0 aliphatic carbocycles. The Balaban J connectivity index is 0.000000118. The van der Waals surface area contributed by atoms with E-state index in [1.807, 2.05) is 78.6 Å². The van der Waals surface area contributed by atoms with Crippen molar-refractivity contribution in [3.05, 3.63) is 159 Å². The first-order valence-electron chi connectivity index (χ1n) is 15.4. The number of halogens is 2. The van der Waals surface area contributed by atoms with E-state index in [1.54, 1.807) is 51.4 Å². The van der Waals surface area contributed by atoms with Gasteiger partial charge in [-0.2, -0.15) is 0 Å². The Labute approximate surface area is 315 Å². The number of benzene rings is 2. The van der Waals surface area contributed by atoms with E-state index in [1.165, 1.54) is 19.5 Å². The Kier molecular flexibility index (Phi) is 11.2. The average molecular weight is 768 g/mol. The largest absolute Gasteiger partial charge is 0.341 e. The molecule has 0 atom stereocenters. The first kappa shape index (κ1) is 33.9. The number of nitrogens with zero attached hydrogens (tertiary/aromatic N) is 3. The van der Waals surface area contributed by atoms with Gasteiger partial charge in [0.1, 0.15) is 17.5 Å². The maximum Gasteiger partial charge on any atom is 0.147 e. The van der Waals surface area contributed by atoms with Crippen molar-refractivity contribution in [3.8, 4) is 53.8 Å². The summed E-state index contributed by atoms with van der Waals surface area (Å²) in [5.41, 5.74) is 5.33. The maximum atomic E-state index is 6.16. The van der Waals surface area contributed by atoms with E-state index in [9.17, 15) is 0 Å². The highest BCUT2D eigenvalue weighted by Gasteiger charge is 2.09. The van der Waals surface area contributed by atoms with Crippen LogP contribution >= 0.6 is 68.5 Å². The molecule has 7 heterocycles. The molecule has 0 saturated carbocycles. The van der Waals surface area contributed by atoms with Gasteiger partial charge in [-0.3, -0.25) is 0 Å². The first-order valence-corrected chi connectivity index (χ1v) is 19.7. The second-order valence-corrected chi connectivity index (χ2v) is 15.4. The fourth-order valence-corrected chi connectivity index (χ4v) is 8.12. The summed E-state index contributed by atoms with van der Waals surface area (Å²) in [5, 5.41) is 9.56. The molecule has 50 heavy (non-hydrogen) atoms. The Hall–Kier alpha value is -4.55. The lowest BCUT2D eigenvalue weighted by Crippen LogP contribution is -1.91. The van der Waals surface area contributed by atoms with Crippen molar-refractivity contribution < 1.29 is 0 Å².